The summed E-state index contributed by atoms with van der Waals surface area (Å²) in [4.78, 5) is 37.5. The summed E-state index contributed by atoms with van der Waals surface area (Å²) in [5, 5.41) is 15.1. The van der Waals surface area contributed by atoms with Crippen molar-refractivity contribution in [1.82, 2.24) is 10.6 Å². The third-order valence-corrected chi connectivity index (χ3v) is 6.75. The van der Waals surface area contributed by atoms with Crippen LogP contribution in [-0.4, -0.2) is 42.3 Å². The number of hydrogen-bond donors (Lipinski definition) is 2. The van der Waals surface area contributed by atoms with E-state index in [1.807, 2.05) is 20.8 Å². The topological polar surface area (TPSA) is 136 Å². The largest absolute Gasteiger partial charge is 0.462 e. The van der Waals surface area contributed by atoms with Gasteiger partial charge >= 0.3 is 12.1 Å². The summed E-state index contributed by atoms with van der Waals surface area (Å²) in [5.41, 5.74) is 0.663. The van der Waals surface area contributed by atoms with Gasteiger partial charge in [-0.05, 0) is 114 Å². The van der Waals surface area contributed by atoms with Crippen LogP contribution in [0.1, 0.15) is 79.7 Å². The Morgan fingerprint density at radius 2 is 1.30 bits per heavy atom. The minimum absolute atomic E-state index is 0.0163. The number of ether oxygens (including phenoxy) is 4. The molecule has 1 aliphatic rings. The van der Waals surface area contributed by atoms with E-state index < -0.39 is 17.7 Å². The highest BCUT2D eigenvalue weighted by molar-refractivity contribution is 5.95. The third-order valence-electron chi connectivity index (χ3n) is 6.75. The van der Waals surface area contributed by atoms with Crippen LogP contribution in [0.5, 0.6) is 23.0 Å². The number of rotatable bonds is 9. The predicted octanol–water partition coefficient (Wildman–Crippen LogP) is 6.89. The molecule has 4 rings (SSSR count). The summed E-state index contributed by atoms with van der Waals surface area (Å²) >= 11 is 0. The van der Waals surface area contributed by atoms with Crippen molar-refractivity contribution < 1.29 is 33.3 Å². The molecule has 0 radical (unpaired) electrons. The Morgan fingerprint density at radius 3 is 1.80 bits per heavy atom. The smallest absolute Gasteiger partial charge is 0.407 e. The Morgan fingerprint density at radius 1 is 0.773 bits per heavy atom. The Labute approximate surface area is 257 Å². The van der Waals surface area contributed by atoms with Gasteiger partial charge in [0, 0.05) is 23.7 Å². The third kappa shape index (κ3) is 9.49. The van der Waals surface area contributed by atoms with Crippen molar-refractivity contribution in [2.24, 2.45) is 0 Å². The summed E-state index contributed by atoms with van der Waals surface area (Å²) < 4.78 is 22.5. The van der Waals surface area contributed by atoms with Gasteiger partial charge in [-0.3, -0.25) is 4.79 Å². The van der Waals surface area contributed by atoms with E-state index in [2.05, 4.69) is 16.7 Å². The molecule has 2 amide bonds. The van der Waals surface area contributed by atoms with E-state index in [1.165, 1.54) is 0 Å². The van der Waals surface area contributed by atoms with Crippen LogP contribution in [0, 0.1) is 11.3 Å². The van der Waals surface area contributed by atoms with Gasteiger partial charge in [0.15, 0.2) is 0 Å². The number of nitrogens with one attached hydrogen (secondary N) is 2. The number of nitriles is 1. The first-order chi connectivity index (χ1) is 21.0. The highest BCUT2D eigenvalue weighted by Crippen LogP contribution is 2.31. The molecule has 1 aliphatic carbocycles. The summed E-state index contributed by atoms with van der Waals surface area (Å²) in [5.74, 6) is 0.950. The van der Waals surface area contributed by atoms with Crippen molar-refractivity contribution in [3.8, 4) is 29.1 Å². The molecule has 3 aromatic carbocycles. The molecule has 230 valence electrons. The molecule has 0 saturated heterocycles. The molecule has 0 atom stereocenters. The SMILES string of the molecule is CCOC(=O)c1ccc(Oc2cc(Oc3ccc(C#N)cc3)cc(C(=O)NC3CCC(NC(=O)OC(C)(C)C)CC3)c2)cc1. The van der Waals surface area contributed by atoms with E-state index in [4.69, 9.17) is 24.2 Å². The van der Waals surface area contributed by atoms with E-state index in [0.29, 0.717) is 65.4 Å². The molecule has 0 spiro atoms. The van der Waals surface area contributed by atoms with Crippen LogP contribution in [-0.2, 0) is 9.47 Å². The lowest BCUT2D eigenvalue weighted by atomic mass is 9.91. The number of carbonyl (C=O) groups is 3. The van der Waals surface area contributed by atoms with Crippen LogP contribution >= 0.6 is 0 Å². The van der Waals surface area contributed by atoms with Crippen LogP contribution in [0.25, 0.3) is 0 Å². The first-order valence-corrected chi connectivity index (χ1v) is 14.6. The first kappa shape index (κ1) is 31.9. The number of amides is 2. The van der Waals surface area contributed by atoms with Gasteiger partial charge in [-0.1, -0.05) is 0 Å². The number of carbonyl (C=O) groups excluding carboxylic acids is 3. The van der Waals surface area contributed by atoms with Gasteiger partial charge in [-0.25, -0.2) is 9.59 Å². The second kappa shape index (κ2) is 14.4. The Bertz CT molecular complexity index is 1500. The van der Waals surface area contributed by atoms with E-state index in [0.717, 1.165) is 0 Å². The Kier molecular flexibility index (Phi) is 10.5. The average molecular weight is 600 g/mol. The van der Waals surface area contributed by atoms with Gasteiger partial charge in [0.2, 0.25) is 0 Å². The predicted molar refractivity (Wildman–Crippen MR) is 163 cm³/mol. The molecule has 0 aliphatic heterocycles. The average Bonchev–Trinajstić information content (AvgIpc) is 2.98. The van der Waals surface area contributed by atoms with Gasteiger partial charge in [-0.2, -0.15) is 5.26 Å². The second-order valence-corrected chi connectivity index (χ2v) is 11.4. The van der Waals surface area contributed by atoms with Crippen LogP contribution < -0.4 is 20.1 Å². The molecule has 0 heterocycles. The van der Waals surface area contributed by atoms with Crippen molar-refractivity contribution >= 4 is 18.0 Å². The lowest BCUT2D eigenvalue weighted by Gasteiger charge is -2.30. The van der Waals surface area contributed by atoms with Crippen molar-refractivity contribution in [3.05, 3.63) is 83.4 Å². The summed E-state index contributed by atoms with van der Waals surface area (Å²) in [6, 6.07) is 20.0. The van der Waals surface area contributed by atoms with E-state index in [9.17, 15) is 14.4 Å². The number of nitrogens with zero attached hydrogens (tertiary/aromatic N) is 1. The molecule has 0 aromatic heterocycles. The molecular formula is C34H37N3O7. The zero-order chi connectivity index (χ0) is 31.7. The molecular weight excluding hydrogens is 562 g/mol. The number of benzene rings is 3. The monoisotopic (exact) mass is 599 g/mol. The molecule has 10 heteroatoms. The maximum Gasteiger partial charge on any atom is 0.407 e. The van der Waals surface area contributed by atoms with Crippen molar-refractivity contribution in [2.45, 2.75) is 71.1 Å². The highest BCUT2D eigenvalue weighted by Gasteiger charge is 2.26. The molecule has 1 fully saturated rings. The Balaban J connectivity index is 1.46. The number of alkyl carbamates (subject to hydrolysis) is 1. The molecule has 0 bridgehead atoms. The lowest BCUT2D eigenvalue weighted by Crippen LogP contribution is -2.45. The normalized spacial score (nSPS) is 16.2. The summed E-state index contributed by atoms with van der Waals surface area (Å²) in [7, 11) is 0. The zero-order valence-corrected chi connectivity index (χ0v) is 25.3. The fraction of sp³-hybridized carbons (Fsp3) is 0.353. The minimum atomic E-state index is -0.567. The van der Waals surface area contributed by atoms with Gasteiger partial charge in [-0.15, -0.1) is 0 Å². The van der Waals surface area contributed by atoms with Gasteiger partial charge in [0.1, 0.15) is 28.6 Å². The number of hydrogen-bond acceptors (Lipinski definition) is 8. The van der Waals surface area contributed by atoms with E-state index in [-0.39, 0.29) is 24.6 Å². The summed E-state index contributed by atoms with van der Waals surface area (Å²) in [6.45, 7) is 7.48. The minimum Gasteiger partial charge on any atom is -0.462 e. The van der Waals surface area contributed by atoms with Crippen molar-refractivity contribution in [2.75, 3.05) is 6.61 Å². The zero-order valence-electron chi connectivity index (χ0n) is 25.3. The van der Waals surface area contributed by atoms with Crippen molar-refractivity contribution in [3.63, 3.8) is 0 Å². The molecule has 1 saturated carbocycles. The quantitative estimate of drug-likeness (QED) is 0.254. The Hall–Kier alpha value is -5.04. The fourth-order valence-electron chi connectivity index (χ4n) is 4.69. The fourth-order valence-corrected chi connectivity index (χ4v) is 4.69. The first-order valence-electron chi connectivity index (χ1n) is 14.6. The second-order valence-electron chi connectivity index (χ2n) is 11.4. The van der Waals surface area contributed by atoms with Crippen LogP contribution in [0.3, 0.4) is 0 Å². The molecule has 3 aromatic rings. The molecule has 0 unspecified atom stereocenters. The van der Waals surface area contributed by atoms with Crippen LogP contribution in [0.2, 0.25) is 0 Å². The summed E-state index contributed by atoms with van der Waals surface area (Å²) in [6.07, 6.45) is 2.38. The maximum absolute atomic E-state index is 13.4. The molecule has 10 nitrogen and oxygen atoms in total. The van der Waals surface area contributed by atoms with Gasteiger partial charge in [0.25, 0.3) is 5.91 Å². The van der Waals surface area contributed by atoms with Crippen LogP contribution in [0.4, 0.5) is 4.79 Å². The van der Waals surface area contributed by atoms with Gasteiger partial charge < -0.3 is 29.6 Å². The van der Waals surface area contributed by atoms with E-state index >= 15 is 0 Å². The molecule has 44 heavy (non-hydrogen) atoms. The lowest BCUT2D eigenvalue weighted by molar-refractivity contribution is 0.0485. The standard InChI is InChI=1S/C34H37N3O7/c1-5-41-32(39)23-8-16-28(17-9-23)43-30-19-24(18-29(20-30)42-27-14-6-22(21-35)7-15-27)31(38)36-25-10-12-26(13-11-25)37-33(40)44-34(2,3)4/h6-9,14-20,25-26H,5,10-13H2,1-4H3,(H,36,38)(H,37,40). The highest BCUT2D eigenvalue weighted by atomic mass is 16.6. The van der Waals surface area contributed by atoms with Crippen molar-refractivity contribution in [1.29, 1.82) is 5.26 Å². The number of esters is 1. The van der Waals surface area contributed by atoms with Crippen LogP contribution in [0.15, 0.2) is 66.7 Å². The maximum atomic E-state index is 13.4. The molecule has 2 N–H and O–H groups in total. The van der Waals surface area contributed by atoms with Gasteiger partial charge in [0.05, 0.1) is 23.8 Å². The van der Waals surface area contributed by atoms with E-state index in [1.54, 1.807) is 73.7 Å².